The van der Waals surface area contributed by atoms with E-state index in [1.807, 2.05) is 0 Å². The van der Waals surface area contributed by atoms with Crippen molar-refractivity contribution in [3.05, 3.63) is 0 Å². The summed E-state index contributed by atoms with van der Waals surface area (Å²) in [5, 5.41) is 3.69. The SMILES string of the molecule is CC(C)(C)CCC1(CNC(C)(C)C)CCCOC1. The second-order valence-corrected chi connectivity index (χ2v) is 8.32. The molecule has 1 aliphatic rings. The Labute approximate surface area is 114 Å². The molecule has 1 heterocycles. The molecule has 1 atom stereocenters. The molecule has 1 unspecified atom stereocenters. The summed E-state index contributed by atoms with van der Waals surface area (Å²) >= 11 is 0. The second-order valence-electron chi connectivity index (χ2n) is 8.32. The summed E-state index contributed by atoms with van der Waals surface area (Å²) in [6.45, 7) is 16.7. The molecule has 18 heavy (non-hydrogen) atoms. The van der Waals surface area contributed by atoms with Crippen LogP contribution in [0.5, 0.6) is 0 Å². The van der Waals surface area contributed by atoms with Crippen molar-refractivity contribution in [1.82, 2.24) is 5.32 Å². The van der Waals surface area contributed by atoms with Gasteiger partial charge in [0.1, 0.15) is 0 Å². The van der Waals surface area contributed by atoms with Crippen LogP contribution in [0.4, 0.5) is 0 Å². The van der Waals surface area contributed by atoms with Crippen molar-refractivity contribution in [2.24, 2.45) is 10.8 Å². The summed E-state index contributed by atoms with van der Waals surface area (Å²) in [4.78, 5) is 0. The molecular weight excluding hydrogens is 222 g/mol. The van der Waals surface area contributed by atoms with Gasteiger partial charge in [0, 0.05) is 24.1 Å². The molecule has 1 N–H and O–H groups in total. The van der Waals surface area contributed by atoms with Gasteiger partial charge in [0.15, 0.2) is 0 Å². The molecule has 0 aromatic carbocycles. The Balaban J connectivity index is 2.57. The Hall–Kier alpha value is -0.0800. The lowest BCUT2D eigenvalue weighted by atomic mass is 9.74. The van der Waals surface area contributed by atoms with Crippen molar-refractivity contribution in [1.29, 1.82) is 0 Å². The Bertz CT molecular complexity index is 221. The molecule has 1 fully saturated rings. The minimum Gasteiger partial charge on any atom is -0.381 e. The molecule has 1 aliphatic heterocycles. The third-order valence-corrected chi connectivity index (χ3v) is 3.80. The minimum absolute atomic E-state index is 0.201. The van der Waals surface area contributed by atoms with Crippen LogP contribution in [-0.2, 0) is 4.74 Å². The lowest BCUT2D eigenvalue weighted by Gasteiger charge is -2.41. The van der Waals surface area contributed by atoms with Crippen LogP contribution in [0.2, 0.25) is 0 Å². The number of nitrogens with one attached hydrogen (secondary N) is 1. The van der Waals surface area contributed by atoms with E-state index in [0.29, 0.717) is 10.8 Å². The molecule has 108 valence electrons. The molecule has 0 aromatic rings. The number of hydrogen-bond donors (Lipinski definition) is 1. The van der Waals surface area contributed by atoms with Crippen molar-refractivity contribution >= 4 is 0 Å². The van der Waals surface area contributed by atoms with Gasteiger partial charge in [-0.05, 0) is 51.9 Å². The van der Waals surface area contributed by atoms with Gasteiger partial charge >= 0.3 is 0 Å². The molecule has 0 spiro atoms. The zero-order chi connectivity index (χ0) is 13.9. The molecule has 2 nitrogen and oxygen atoms in total. The Morgan fingerprint density at radius 3 is 2.22 bits per heavy atom. The summed E-state index contributed by atoms with van der Waals surface area (Å²) in [5.74, 6) is 0. The van der Waals surface area contributed by atoms with E-state index in [4.69, 9.17) is 4.74 Å². The number of hydrogen-bond acceptors (Lipinski definition) is 2. The van der Waals surface area contributed by atoms with Gasteiger partial charge in [-0.25, -0.2) is 0 Å². The fourth-order valence-electron chi connectivity index (χ4n) is 2.43. The largest absolute Gasteiger partial charge is 0.381 e. The monoisotopic (exact) mass is 255 g/mol. The van der Waals surface area contributed by atoms with Crippen molar-refractivity contribution in [3.63, 3.8) is 0 Å². The van der Waals surface area contributed by atoms with E-state index >= 15 is 0 Å². The standard InChI is InChI=1S/C16H33NO/c1-14(2,3)9-10-16(8-7-11-18-13-16)12-17-15(4,5)6/h17H,7-13H2,1-6H3. The highest BCUT2D eigenvalue weighted by atomic mass is 16.5. The summed E-state index contributed by atoms with van der Waals surface area (Å²) in [6, 6.07) is 0. The average Bonchev–Trinajstić information content (AvgIpc) is 2.24. The van der Waals surface area contributed by atoms with Crippen LogP contribution < -0.4 is 5.32 Å². The van der Waals surface area contributed by atoms with Crippen LogP contribution in [0, 0.1) is 10.8 Å². The van der Waals surface area contributed by atoms with Crippen molar-refractivity contribution in [3.8, 4) is 0 Å². The van der Waals surface area contributed by atoms with Crippen molar-refractivity contribution in [2.45, 2.75) is 72.8 Å². The van der Waals surface area contributed by atoms with Crippen LogP contribution >= 0.6 is 0 Å². The maximum Gasteiger partial charge on any atom is 0.0534 e. The average molecular weight is 255 g/mol. The highest BCUT2D eigenvalue weighted by Crippen LogP contribution is 2.37. The minimum atomic E-state index is 0.201. The first-order valence-electron chi connectivity index (χ1n) is 7.45. The fraction of sp³-hybridized carbons (Fsp3) is 1.00. The Morgan fingerprint density at radius 1 is 1.11 bits per heavy atom. The Kier molecular flexibility index (Phi) is 5.25. The van der Waals surface area contributed by atoms with Gasteiger partial charge in [-0.3, -0.25) is 0 Å². The quantitative estimate of drug-likeness (QED) is 0.820. The predicted octanol–water partition coefficient (Wildman–Crippen LogP) is 4.00. The lowest BCUT2D eigenvalue weighted by Crippen LogP contribution is -2.47. The molecule has 0 bridgehead atoms. The van der Waals surface area contributed by atoms with Crippen LogP contribution in [0.3, 0.4) is 0 Å². The predicted molar refractivity (Wildman–Crippen MR) is 78.9 cm³/mol. The highest BCUT2D eigenvalue weighted by Gasteiger charge is 2.34. The number of rotatable bonds is 4. The normalized spacial score (nSPS) is 26.3. The molecule has 0 amide bonds. The molecule has 0 saturated carbocycles. The third-order valence-electron chi connectivity index (χ3n) is 3.80. The van der Waals surface area contributed by atoms with E-state index < -0.39 is 0 Å². The van der Waals surface area contributed by atoms with Crippen molar-refractivity contribution < 1.29 is 4.74 Å². The first kappa shape index (κ1) is 16.0. The fourth-order valence-corrected chi connectivity index (χ4v) is 2.43. The topological polar surface area (TPSA) is 21.3 Å². The molecule has 1 saturated heterocycles. The van der Waals surface area contributed by atoms with E-state index in [1.54, 1.807) is 0 Å². The zero-order valence-corrected chi connectivity index (χ0v) is 13.4. The van der Waals surface area contributed by atoms with Crippen molar-refractivity contribution in [2.75, 3.05) is 19.8 Å². The van der Waals surface area contributed by atoms with Gasteiger partial charge in [0.05, 0.1) is 6.61 Å². The first-order valence-corrected chi connectivity index (χ1v) is 7.45. The van der Waals surface area contributed by atoms with E-state index in [9.17, 15) is 0 Å². The molecule has 0 aromatic heterocycles. The summed E-state index contributed by atoms with van der Waals surface area (Å²) < 4.78 is 5.78. The van der Waals surface area contributed by atoms with Gasteiger partial charge < -0.3 is 10.1 Å². The molecule has 1 rings (SSSR count). The zero-order valence-electron chi connectivity index (χ0n) is 13.4. The van der Waals surface area contributed by atoms with Crippen LogP contribution in [0.15, 0.2) is 0 Å². The van der Waals surface area contributed by atoms with Gasteiger partial charge in [0.2, 0.25) is 0 Å². The smallest absolute Gasteiger partial charge is 0.0534 e. The maximum atomic E-state index is 5.78. The molecule has 0 aliphatic carbocycles. The summed E-state index contributed by atoms with van der Waals surface area (Å²) in [6.07, 6.45) is 5.09. The lowest BCUT2D eigenvalue weighted by molar-refractivity contribution is -0.0198. The van der Waals surface area contributed by atoms with Crippen LogP contribution in [0.1, 0.15) is 67.2 Å². The maximum absolute atomic E-state index is 5.78. The van der Waals surface area contributed by atoms with E-state index in [-0.39, 0.29) is 5.54 Å². The summed E-state index contributed by atoms with van der Waals surface area (Å²) in [5.41, 5.74) is 0.983. The number of ether oxygens (including phenoxy) is 1. The van der Waals surface area contributed by atoms with Gasteiger partial charge in [-0.1, -0.05) is 20.8 Å². The Morgan fingerprint density at radius 2 is 1.78 bits per heavy atom. The van der Waals surface area contributed by atoms with Gasteiger partial charge in [-0.15, -0.1) is 0 Å². The van der Waals surface area contributed by atoms with E-state index in [0.717, 1.165) is 19.8 Å². The van der Waals surface area contributed by atoms with Crippen LogP contribution in [0.25, 0.3) is 0 Å². The van der Waals surface area contributed by atoms with E-state index in [2.05, 4.69) is 46.9 Å². The molecule has 2 heteroatoms. The third kappa shape index (κ3) is 6.19. The van der Waals surface area contributed by atoms with Gasteiger partial charge in [-0.2, -0.15) is 0 Å². The first-order chi connectivity index (χ1) is 8.12. The van der Waals surface area contributed by atoms with E-state index in [1.165, 1.54) is 25.7 Å². The highest BCUT2D eigenvalue weighted by molar-refractivity contribution is 4.88. The summed E-state index contributed by atoms with van der Waals surface area (Å²) in [7, 11) is 0. The van der Waals surface area contributed by atoms with Crippen LogP contribution in [-0.4, -0.2) is 25.3 Å². The molecular formula is C16H33NO. The molecule has 0 radical (unpaired) electrons. The van der Waals surface area contributed by atoms with Gasteiger partial charge in [0.25, 0.3) is 0 Å². The second kappa shape index (κ2) is 5.92.